The van der Waals surface area contributed by atoms with Gasteiger partial charge in [0.25, 0.3) is 0 Å². The molecule has 128 valence electrons. The second-order valence-electron chi connectivity index (χ2n) is 5.31. The maximum Gasteiger partial charge on any atom is 0.174 e. The molecule has 0 amide bonds. The fraction of sp³-hybridized carbons (Fsp3) is 0.333. The number of methoxy groups -OCH3 is 2. The summed E-state index contributed by atoms with van der Waals surface area (Å²) in [7, 11) is 3.33. The average Bonchev–Trinajstić information content (AvgIpc) is 2.62. The van der Waals surface area contributed by atoms with E-state index in [1.165, 1.54) is 0 Å². The van der Waals surface area contributed by atoms with Crippen LogP contribution in [0, 0.1) is 0 Å². The lowest BCUT2D eigenvalue weighted by molar-refractivity contribution is 0.165. The smallest absolute Gasteiger partial charge is 0.174 e. The molecule has 0 radical (unpaired) electrons. The van der Waals surface area contributed by atoms with Gasteiger partial charge in [0, 0.05) is 37.8 Å². The molecule has 2 rings (SSSR count). The quantitative estimate of drug-likeness (QED) is 0.775. The second-order valence-corrected chi connectivity index (χ2v) is 5.70. The van der Waals surface area contributed by atoms with Crippen molar-refractivity contribution in [2.75, 3.05) is 32.7 Å². The third-order valence-electron chi connectivity index (χ3n) is 3.75. The Morgan fingerprint density at radius 2 is 2.12 bits per heavy atom. The van der Waals surface area contributed by atoms with Gasteiger partial charge in [-0.15, -0.1) is 0 Å². The Bertz CT molecular complexity index is 652. The molecule has 1 N–H and O–H groups in total. The van der Waals surface area contributed by atoms with Crippen molar-refractivity contribution >= 4 is 23.0 Å². The van der Waals surface area contributed by atoms with Crippen LogP contribution in [0.4, 0.5) is 5.69 Å². The van der Waals surface area contributed by atoms with Gasteiger partial charge in [-0.1, -0.05) is 12.1 Å². The SMILES string of the molecule is COCCN(C(=S)Nc1cccc(OC)c1)[C@@H](C)c1cccnc1. The highest BCUT2D eigenvalue weighted by atomic mass is 32.1. The topological polar surface area (TPSA) is 46.6 Å². The van der Waals surface area contributed by atoms with Crippen molar-refractivity contribution in [1.82, 2.24) is 9.88 Å². The van der Waals surface area contributed by atoms with Crippen molar-refractivity contribution in [1.29, 1.82) is 0 Å². The Labute approximate surface area is 148 Å². The molecule has 0 aliphatic carbocycles. The highest BCUT2D eigenvalue weighted by Gasteiger charge is 2.19. The number of nitrogens with zero attached hydrogens (tertiary/aromatic N) is 2. The zero-order valence-corrected chi connectivity index (χ0v) is 15.0. The van der Waals surface area contributed by atoms with Crippen LogP contribution in [0.15, 0.2) is 48.8 Å². The van der Waals surface area contributed by atoms with Gasteiger partial charge in [-0.05, 0) is 42.9 Å². The Morgan fingerprint density at radius 3 is 2.79 bits per heavy atom. The standard InChI is InChI=1S/C18H23N3O2S/c1-14(15-6-5-9-19-13-15)21(10-11-22-2)18(24)20-16-7-4-8-17(12-16)23-3/h4-9,12-14H,10-11H2,1-3H3,(H,20,24)/t14-/m0/s1. The van der Waals surface area contributed by atoms with Crippen LogP contribution < -0.4 is 10.1 Å². The van der Waals surface area contributed by atoms with Crippen molar-refractivity contribution in [3.05, 3.63) is 54.4 Å². The monoisotopic (exact) mass is 345 g/mol. The van der Waals surface area contributed by atoms with E-state index in [0.717, 1.165) is 17.0 Å². The van der Waals surface area contributed by atoms with Gasteiger partial charge >= 0.3 is 0 Å². The van der Waals surface area contributed by atoms with E-state index in [2.05, 4.69) is 22.1 Å². The molecule has 0 aliphatic rings. The van der Waals surface area contributed by atoms with E-state index in [1.807, 2.05) is 42.6 Å². The highest BCUT2D eigenvalue weighted by Crippen LogP contribution is 2.22. The van der Waals surface area contributed by atoms with Crippen LogP contribution in [-0.4, -0.2) is 42.4 Å². The van der Waals surface area contributed by atoms with Crippen LogP contribution in [0.1, 0.15) is 18.5 Å². The molecule has 0 unspecified atom stereocenters. The molecule has 6 heteroatoms. The lowest BCUT2D eigenvalue weighted by Crippen LogP contribution is -2.39. The van der Waals surface area contributed by atoms with Gasteiger partial charge in [-0.2, -0.15) is 0 Å². The van der Waals surface area contributed by atoms with Gasteiger partial charge in [0.15, 0.2) is 5.11 Å². The molecule has 1 heterocycles. The lowest BCUT2D eigenvalue weighted by atomic mass is 10.1. The maximum atomic E-state index is 5.62. The van der Waals surface area contributed by atoms with Crippen molar-refractivity contribution in [2.24, 2.45) is 0 Å². The molecule has 2 aromatic rings. The van der Waals surface area contributed by atoms with Crippen molar-refractivity contribution < 1.29 is 9.47 Å². The summed E-state index contributed by atoms with van der Waals surface area (Å²) in [4.78, 5) is 6.29. The molecule has 0 saturated carbocycles. The fourth-order valence-corrected chi connectivity index (χ4v) is 2.73. The minimum absolute atomic E-state index is 0.0828. The van der Waals surface area contributed by atoms with Crippen LogP contribution in [0.2, 0.25) is 0 Å². The van der Waals surface area contributed by atoms with E-state index >= 15 is 0 Å². The molecule has 1 aromatic carbocycles. The van der Waals surface area contributed by atoms with E-state index in [0.29, 0.717) is 18.3 Å². The van der Waals surface area contributed by atoms with E-state index in [9.17, 15) is 0 Å². The van der Waals surface area contributed by atoms with E-state index in [-0.39, 0.29) is 6.04 Å². The number of hydrogen-bond acceptors (Lipinski definition) is 4. The van der Waals surface area contributed by atoms with Crippen molar-refractivity contribution in [3.8, 4) is 5.75 Å². The first-order valence-corrected chi connectivity index (χ1v) is 8.17. The fourth-order valence-electron chi connectivity index (χ4n) is 2.36. The predicted octanol–water partition coefficient (Wildman–Crippen LogP) is 3.50. The number of anilines is 1. The Kier molecular flexibility index (Phi) is 6.96. The number of benzene rings is 1. The lowest BCUT2D eigenvalue weighted by Gasteiger charge is -2.32. The first-order chi connectivity index (χ1) is 11.7. The number of pyridine rings is 1. The first-order valence-electron chi connectivity index (χ1n) is 7.76. The normalized spacial score (nSPS) is 11.6. The summed E-state index contributed by atoms with van der Waals surface area (Å²) >= 11 is 5.62. The van der Waals surface area contributed by atoms with Crippen LogP contribution in [0.3, 0.4) is 0 Å². The molecule has 0 aliphatic heterocycles. The zero-order valence-electron chi connectivity index (χ0n) is 14.2. The highest BCUT2D eigenvalue weighted by molar-refractivity contribution is 7.80. The summed E-state index contributed by atoms with van der Waals surface area (Å²) < 4.78 is 10.5. The first kappa shape index (κ1) is 18.2. The van der Waals surface area contributed by atoms with Crippen molar-refractivity contribution in [3.63, 3.8) is 0 Å². The third kappa shape index (κ3) is 4.91. The number of thiocarbonyl (C=S) groups is 1. The van der Waals surface area contributed by atoms with Gasteiger partial charge in [0.1, 0.15) is 5.75 Å². The molecular formula is C18H23N3O2S. The van der Waals surface area contributed by atoms with Gasteiger partial charge < -0.3 is 19.7 Å². The maximum absolute atomic E-state index is 5.62. The second kappa shape index (κ2) is 9.20. The minimum atomic E-state index is 0.0828. The Hall–Kier alpha value is -2.18. The van der Waals surface area contributed by atoms with Crippen LogP contribution in [0.5, 0.6) is 5.75 Å². The molecule has 1 aromatic heterocycles. The Balaban J connectivity index is 2.15. The van der Waals surface area contributed by atoms with Gasteiger partial charge in [-0.3, -0.25) is 4.98 Å². The van der Waals surface area contributed by atoms with Gasteiger partial charge in [-0.25, -0.2) is 0 Å². The molecule has 5 nitrogen and oxygen atoms in total. The van der Waals surface area contributed by atoms with Crippen molar-refractivity contribution in [2.45, 2.75) is 13.0 Å². The summed E-state index contributed by atoms with van der Waals surface area (Å²) in [6, 6.07) is 11.8. The number of nitrogens with one attached hydrogen (secondary N) is 1. The largest absolute Gasteiger partial charge is 0.497 e. The number of ether oxygens (including phenoxy) is 2. The molecule has 1 atom stereocenters. The number of hydrogen-bond donors (Lipinski definition) is 1. The number of aromatic nitrogens is 1. The average molecular weight is 345 g/mol. The summed E-state index contributed by atoms with van der Waals surface area (Å²) in [5.41, 5.74) is 1.99. The van der Waals surface area contributed by atoms with Gasteiger partial charge in [0.2, 0.25) is 0 Å². The molecule has 24 heavy (non-hydrogen) atoms. The summed E-state index contributed by atoms with van der Waals surface area (Å²) in [5.74, 6) is 0.784. The summed E-state index contributed by atoms with van der Waals surface area (Å²) in [6.07, 6.45) is 3.63. The number of rotatable bonds is 7. The summed E-state index contributed by atoms with van der Waals surface area (Å²) in [5, 5.41) is 3.91. The zero-order chi connectivity index (χ0) is 17.4. The van der Waals surface area contributed by atoms with Crippen LogP contribution in [-0.2, 0) is 4.74 Å². The van der Waals surface area contributed by atoms with E-state index < -0.39 is 0 Å². The Morgan fingerprint density at radius 1 is 1.29 bits per heavy atom. The summed E-state index contributed by atoms with van der Waals surface area (Å²) in [6.45, 7) is 3.37. The van der Waals surface area contributed by atoms with Crippen LogP contribution in [0.25, 0.3) is 0 Å². The molecule has 0 spiro atoms. The molecular weight excluding hydrogens is 322 g/mol. The molecule has 0 bridgehead atoms. The molecule has 0 saturated heterocycles. The third-order valence-corrected chi connectivity index (χ3v) is 4.09. The van der Waals surface area contributed by atoms with Gasteiger partial charge in [0.05, 0.1) is 19.8 Å². The molecule has 0 fully saturated rings. The van der Waals surface area contributed by atoms with E-state index in [4.69, 9.17) is 21.7 Å². The minimum Gasteiger partial charge on any atom is -0.497 e. The predicted molar refractivity (Wildman–Crippen MR) is 100 cm³/mol. The van der Waals surface area contributed by atoms with E-state index in [1.54, 1.807) is 20.4 Å². The van der Waals surface area contributed by atoms with Crippen LogP contribution >= 0.6 is 12.2 Å².